The van der Waals surface area contributed by atoms with Crippen molar-refractivity contribution < 1.29 is 9.90 Å². The second-order valence-corrected chi connectivity index (χ2v) is 3.92. The minimum absolute atomic E-state index is 0.0987. The molecule has 0 fully saturated rings. The highest BCUT2D eigenvalue weighted by Gasteiger charge is 2.39. The number of rotatable bonds is 6. The molecule has 13 heavy (non-hydrogen) atoms. The first-order chi connectivity index (χ1) is 6.01. The van der Waals surface area contributed by atoms with E-state index in [-0.39, 0.29) is 12.5 Å². The van der Waals surface area contributed by atoms with E-state index in [9.17, 15) is 4.79 Å². The maximum absolute atomic E-state index is 11.1. The van der Waals surface area contributed by atoms with Crippen LogP contribution >= 0.6 is 0 Å². The van der Waals surface area contributed by atoms with E-state index in [1.165, 1.54) is 0 Å². The van der Waals surface area contributed by atoms with Crippen molar-refractivity contribution in [2.24, 2.45) is 17.1 Å². The van der Waals surface area contributed by atoms with Gasteiger partial charge in [0.1, 0.15) is 0 Å². The third-order valence-electron chi connectivity index (χ3n) is 2.87. The van der Waals surface area contributed by atoms with Gasteiger partial charge in [0.2, 0.25) is 0 Å². The van der Waals surface area contributed by atoms with Gasteiger partial charge in [-0.1, -0.05) is 33.6 Å². The minimum atomic E-state index is -0.751. The van der Waals surface area contributed by atoms with Crippen LogP contribution in [0.15, 0.2) is 0 Å². The van der Waals surface area contributed by atoms with Gasteiger partial charge in [0.15, 0.2) is 0 Å². The normalized spacial score (nSPS) is 15.8. The average Bonchev–Trinajstić information content (AvgIpc) is 2.05. The number of hydrogen-bond acceptors (Lipinski definition) is 2. The maximum atomic E-state index is 11.1. The first kappa shape index (κ1) is 12.4. The molecule has 0 saturated carbocycles. The number of carboxylic acid groups (broad SMARTS) is 1. The molecule has 3 N–H and O–H groups in total. The molecule has 0 aliphatic rings. The second kappa shape index (κ2) is 5.22. The molecule has 3 heteroatoms. The Morgan fingerprint density at radius 1 is 1.54 bits per heavy atom. The van der Waals surface area contributed by atoms with Gasteiger partial charge in [0.05, 0.1) is 5.41 Å². The van der Waals surface area contributed by atoms with Crippen LogP contribution < -0.4 is 5.73 Å². The van der Waals surface area contributed by atoms with E-state index in [1.807, 2.05) is 13.8 Å². The van der Waals surface area contributed by atoms with Gasteiger partial charge in [0.25, 0.3) is 0 Å². The van der Waals surface area contributed by atoms with Crippen LogP contribution in [0.2, 0.25) is 0 Å². The SMILES string of the molecule is CCCCC(CN)(C(=O)O)C(C)C. The van der Waals surface area contributed by atoms with E-state index >= 15 is 0 Å². The van der Waals surface area contributed by atoms with Gasteiger partial charge in [-0.2, -0.15) is 0 Å². The van der Waals surface area contributed by atoms with Crippen LogP contribution in [0.1, 0.15) is 40.0 Å². The summed E-state index contributed by atoms with van der Waals surface area (Å²) in [5.74, 6) is -0.653. The quantitative estimate of drug-likeness (QED) is 0.667. The molecule has 0 aromatic carbocycles. The van der Waals surface area contributed by atoms with Gasteiger partial charge in [-0.15, -0.1) is 0 Å². The summed E-state index contributed by atoms with van der Waals surface area (Å²) in [6, 6.07) is 0. The summed E-state index contributed by atoms with van der Waals surface area (Å²) in [6.45, 7) is 6.15. The van der Waals surface area contributed by atoms with E-state index in [2.05, 4.69) is 6.92 Å². The van der Waals surface area contributed by atoms with Crippen molar-refractivity contribution in [3.05, 3.63) is 0 Å². The lowest BCUT2D eigenvalue weighted by Crippen LogP contribution is -2.43. The molecular weight excluding hydrogens is 166 g/mol. The fourth-order valence-corrected chi connectivity index (χ4v) is 1.56. The molecular formula is C10H21NO2. The predicted octanol–water partition coefficient (Wildman–Crippen LogP) is 1.86. The number of aliphatic carboxylic acids is 1. The topological polar surface area (TPSA) is 63.3 Å². The Labute approximate surface area is 80.3 Å². The van der Waals surface area contributed by atoms with Crippen molar-refractivity contribution in [2.75, 3.05) is 6.54 Å². The van der Waals surface area contributed by atoms with Gasteiger partial charge in [0, 0.05) is 6.54 Å². The molecule has 78 valence electrons. The standard InChI is InChI=1S/C10H21NO2/c1-4-5-6-10(7-11,8(2)3)9(12)13/h8H,4-7,11H2,1-3H3,(H,12,13). The van der Waals surface area contributed by atoms with Gasteiger partial charge in [-0.25, -0.2) is 0 Å². The van der Waals surface area contributed by atoms with Gasteiger partial charge in [-0.3, -0.25) is 4.79 Å². The number of nitrogens with two attached hydrogens (primary N) is 1. The number of carbonyl (C=O) groups is 1. The Hall–Kier alpha value is -0.570. The van der Waals surface area contributed by atoms with Crippen molar-refractivity contribution in [3.63, 3.8) is 0 Å². The average molecular weight is 187 g/mol. The monoisotopic (exact) mass is 187 g/mol. The number of carboxylic acids is 1. The Morgan fingerprint density at radius 2 is 2.08 bits per heavy atom. The summed E-state index contributed by atoms with van der Waals surface area (Å²) < 4.78 is 0. The lowest BCUT2D eigenvalue weighted by molar-refractivity contribution is -0.151. The lowest BCUT2D eigenvalue weighted by atomic mass is 9.73. The Morgan fingerprint density at radius 3 is 2.31 bits per heavy atom. The maximum Gasteiger partial charge on any atom is 0.311 e. The van der Waals surface area contributed by atoms with E-state index in [0.717, 1.165) is 12.8 Å². The van der Waals surface area contributed by atoms with Crippen LogP contribution in [0.5, 0.6) is 0 Å². The Balaban J connectivity index is 4.55. The van der Waals surface area contributed by atoms with Crippen LogP contribution in [0.4, 0.5) is 0 Å². The molecule has 0 rings (SSSR count). The van der Waals surface area contributed by atoms with E-state index in [4.69, 9.17) is 10.8 Å². The Kier molecular flexibility index (Phi) is 4.99. The molecule has 0 heterocycles. The molecule has 0 amide bonds. The highest BCUT2D eigenvalue weighted by Crippen LogP contribution is 2.32. The molecule has 0 aliphatic carbocycles. The van der Waals surface area contributed by atoms with Gasteiger partial charge < -0.3 is 10.8 Å². The predicted molar refractivity (Wildman–Crippen MR) is 53.5 cm³/mol. The fourth-order valence-electron chi connectivity index (χ4n) is 1.56. The van der Waals surface area contributed by atoms with Crippen molar-refractivity contribution >= 4 is 5.97 Å². The summed E-state index contributed by atoms with van der Waals surface area (Å²) in [5, 5.41) is 9.14. The zero-order valence-corrected chi connectivity index (χ0v) is 8.84. The molecule has 0 radical (unpaired) electrons. The molecule has 1 unspecified atom stereocenters. The third kappa shape index (κ3) is 2.69. The summed E-state index contributed by atoms with van der Waals surface area (Å²) in [4.78, 5) is 11.1. The van der Waals surface area contributed by atoms with Crippen LogP contribution in [0.3, 0.4) is 0 Å². The second-order valence-electron chi connectivity index (χ2n) is 3.92. The molecule has 0 bridgehead atoms. The van der Waals surface area contributed by atoms with Crippen LogP contribution in [-0.2, 0) is 4.79 Å². The van der Waals surface area contributed by atoms with Crippen molar-refractivity contribution in [2.45, 2.75) is 40.0 Å². The lowest BCUT2D eigenvalue weighted by Gasteiger charge is -2.31. The highest BCUT2D eigenvalue weighted by molar-refractivity contribution is 5.75. The van der Waals surface area contributed by atoms with Crippen LogP contribution in [0.25, 0.3) is 0 Å². The fraction of sp³-hybridized carbons (Fsp3) is 0.900. The molecule has 0 spiro atoms. The molecule has 3 nitrogen and oxygen atoms in total. The molecule has 1 atom stereocenters. The third-order valence-corrected chi connectivity index (χ3v) is 2.87. The van der Waals surface area contributed by atoms with Crippen LogP contribution in [0, 0.1) is 11.3 Å². The summed E-state index contributed by atoms with van der Waals surface area (Å²) >= 11 is 0. The zero-order chi connectivity index (χ0) is 10.5. The zero-order valence-electron chi connectivity index (χ0n) is 8.84. The summed E-state index contributed by atoms with van der Waals surface area (Å²) in [7, 11) is 0. The largest absolute Gasteiger partial charge is 0.481 e. The highest BCUT2D eigenvalue weighted by atomic mass is 16.4. The van der Waals surface area contributed by atoms with Crippen LogP contribution in [-0.4, -0.2) is 17.6 Å². The van der Waals surface area contributed by atoms with Gasteiger partial charge in [-0.05, 0) is 12.3 Å². The summed E-state index contributed by atoms with van der Waals surface area (Å²) in [6.07, 6.45) is 2.64. The van der Waals surface area contributed by atoms with E-state index in [0.29, 0.717) is 6.42 Å². The first-order valence-corrected chi connectivity index (χ1v) is 4.94. The van der Waals surface area contributed by atoms with E-state index in [1.54, 1.807) is 0 Å². The van der Waals surface area contributed by atoms with Gasteiger partial charge >= 0.3 is 5.97 Å². The minimum Gasteiger partial charge on any atom is -0.481 e. The number of unbranched alkanes of at least 4 members (excludes halogenated alkanes) is 1. The molecule has 0 aromatic heterocycles. The first-order valence-electron chi connectivity index (χ1n) is 4.94. The number of hydrogen-bond donors (Lipinski definition) is 2. The van der Waals surface area contributed by atoms with Crippen molar-refractivity contribution in [1.82, 2.24) is 0 Å². The Bertz CT molecular complexity index is 168. The molecule has 0 aromatic rings. The molecule has 0 saturated heterocycles. The molecule has 0 aliphatic heterocycles. The van der Waals surface area contributed by atoms with Crippen molar-refractivity contribution in [3.8, 4) is 0 Å². The van der Waals surface area contributed by atoms with E-state index < -0.39 is 11.4 Å². The summed E-state index contributed by atoms with van der Waals surface area (Å²) in [5.41, 5.74) is 4.86. The smallest absolute Gasteiger partial charge is 0.311 e. The van der Waals surface area contributed by atoms with Crippen molar-refractivity contribution in [1.29, 1.82) is 0 Å².